The first-order chi connectivity index (χ1) is 14.9. The van der Waals surface area contributed by atoms with Crippen molar-refractivity contribution in [2.45, 2.75) is 32.0 Å². The fourth-order valence-corrected chi connectivity index (χ4v) is 4.86. The van der Waals surface area contributed by atoms with Crippen LogP contribution in [-0.2, 0) is 22.7 Å². The van der Waals surface area contributed by atoms with Gasteiger partial charge >= 0.3 is 6.03 Å². The summed E-state index contributed by atoms with van der Waals surface area (Å²) in [6.07, 6.45) is 0.515. The smallest absolute Gasteiger partial charge is 0.319 e. The lowest BCUT2D eigenvalue weighted by atomic mass is 10.0. The number of rotatable bonds is 5. The molecule has 2 aliphatic rings. The summed E-state index contributed by atoms with van der Waals surface area (Å²) in [5.74, 6) is -0.497. The second-order valence-corrected chi connectivity index (χ2v) is 8.48. The molecule has 0 bridgehead atoms. The Morgan fingerprint density at radius 3 is 2.87 bits per heavy atom. The van der Waals surface area contributed by atoms with Crippen molar-refractivity contribution in [3.8, 4) is 5.75 Å². The van der Waals surface area contributed by atoms with Crippen LogP contribution in [0, 0.1) is 0 Å². The molecular weight excluding hydrogens is 444 g/mol. The van der Waals surface area contributed by atoms with Crippen LogP contribution < -0.4 is 20.7 Å². The standard InChI is InChI=1S/C20H19ClN4O5S/c1-30-15-4-2-10(6-13(15)21)23-20(29)22-7-16-11-8-25(19(28)12(11)9-31-16)14-3-5-17(26)24-18(14)27/h2,4,6,9,14H,3,5,7-8H2,1H3,(H2,22,23,29)(H,24,26,27). The van der Waals surface area contributed by atoms with Crippen molar-refractivity contribution in [3.05, 3.63) is 44.6 Å². The lowest BCUT2D eigenvalue weighted by Gasteiger charge is -2.29. The van der Waals surface area contributed by atoms with E-state index in [1.54, 1.807) is 23.6 Å². The SMILES string of the molecule is COc1ccc(NC(=O)NCc2scc3c2CN(C2CCC(=O)NC2=O)C3=O)cc1Cl. The van der Waals surface area contributed by atoms with Crippen LogP contribution in [0.15, 0.2) is 23.6 Å². The number of thiophene rings is 1. The summed E-state index contributed by atoms with van der Waals surface area (Å²) in [5, 5.41) is 9.86. The van der Waals surface area contributed by atoms with E-state index >= 15 is 0 Å². The Kier molecular flexibility index (Phi) is 5.84. The van der Waals surface area contributed by atoms with Crippen LogP contribution in [0.3, 0.4) is 0 Å². The minimum Gasteiger partial charge on any atom is -0.495 e. The highest BCUT2D eigenvalue weighted by atomic mass is 35.5. The number of nitrogens with one attached hydrogen (secondary N) is 3. The van der Waals surface area contributed by atoms with E-state index in [4.69, 9.17) is 16.3 Å². The average molecular weight is 463 g/mol. The van der Waals surface area contributed by atoms with Crippen molar-refractivity contribution in [2.24, 2.45) is 0 Å². The molecule has 2 aliphatic heterocycles. The van der Waals surface area contributed by atoms with Crippen LogP contribution in [0.1, 0.15) is 33.6 Å². The number of halogens is 1. The number of piperidine rings is 1. The predicted octanol–water partition coefficient (Wildman–Crippen LogP) is 2.49. The molecule has 4 rings (SSSR count). The van der Waals surface area contributed by atoms with Crippen LogP contribution in [0.2, 0.25) is 5.02 Å². The van der Waals surface area contributed by atoms with Gasteiger partial charge in [-0.05, 0) is 30.2 Å². The minimum absolute atomic E-state index is 0.205. The quantitative estimate of drug-likeness (QED) is 0.590. The molecule has 0 spiro atoms. The molecule has 5 amide bonds. The van der Waals surface area contributed by atoms with Crippen molar-refractivity contribution in [1.29, 1.82) is 0 Å². The second-order valence-electron chi connectivity index (χ2n) is 7.11. The number of ether oxygens (including phenoxy) is 1. The molecule has 1 saturated heterocycles. The fraction of sp³-hybridized carbons (Fsp3) is 0.300. The van der Waals surface area contributed by atoms with Gasteiger partial charge in [0.25, 0.3) is 5.91 Å². The third kappa shape index (κ3) is 4.21. The van der Waals surface area contributed by atoms with Gasteiger partial charge in [0.05, 0.1) is 24.2 Å². The molecule has 162 valence electrons. The predicted molar refractivity (Wildman–Crippen MR) is 114 cm³/mol. The molecule has 1 unspecified atom stereocenters. The molecule has 1 aromatic heterocycles. The molecular formula is C20H19ClN4O5S. The molecule has 0 aliphatic carbocycles. The molecule has 2 aromatic rings. The van der Waals surface area contributed by atoms with E-state index in [0.717, 1.165) is 10.4 Å². The number of hydrogen-bond donors (Lipinski definition) is 3. The molecule has 1 atom stereocenters. The first-order valence-electron chi connectivity index (χ1n) is 9.49. The normalized spacial score (nSPS) is 17.9. The molecule has 0 saturated carbocycles. The number of nitrogens with zero attached hydrogens (tertiary/aromatic N) is 1. The number of methoxy groups -OCH3 is 1. The number of benzene rings is 1. The number of amides is 5. The van der Waals surface area contributed by atoms with Gasteiger partial charge in [0.15, 0.2) is 0 Å². The van der Waals surface area contributed by atoms with E-state index < -0.39 is 18.0 Å². The van der Waals surface area contributed by atoms with E-state index in [2.05, 4.69) is 16.0 Å². The highest BCUT2D eigenvalue weighted by molar-refractivity contribution is 7.10. The number of carbonyl (C=O) groups is 4. The average Bonchev–Trinajstić information content (AvgIpc) is 3.27. The summed E-state index contributed by atoms with van der Waals surface area (Å²) in [6.45, 7) is 0.503. The first kappa shape index (κ1) is 21.1. The summed E-state index contributed by atoms with van der Waals surface area (Å²) in [4.78, 5) is 50.9. The van der Waals surface area contributed by atoms with Crippen LogP contribution >= 0.6 is 22.9 Å². The maximum absolute atomic E-state index is 12.7. The molecule has 1 fully saturated rings. The van der Waals surface area contributed by atoms with Gasteiger partial charge in [-0.25, -0.2) is 4.79 Å². The van der Waals surface area contributed by atoms with E-state index in [1.165, 1.54) is 23.3 Å². The Bertz CT molecular complexity index is 1090. The lowest BCUT2D eigenvalue weighted by Crippen LogP contribution is -2.52. The highest BCUT2D eigenvalue weighted by Crippen LogP contribution is 2.33. The largest absolute Gasteiger partial charge is 0.495 e. The molecule has 9 nitrogen and oxygen atoms in total. The Labute approximate surface area is 186 Å². The van der Waals surface area contributed by atoms with E-state index in [-0.39, 0.29) is 31.3 Å². The van der Waals surface area contributed by atoms with Gasteiger partial charge in [-0.3, -0.25) is 19.7 Å². The number of fused-ring (bicyclic) bond motifs is 1. The third-order valence-electron chi connectivity index (χ3n) is 5.21. The number of anilines is 1. The van der Waals surface area contributed by atoms with E-state index in [9.17, 15) is 19.2 Å². The van der Waals surface area contributed by atoms with E-state index in [0.29, 0.717) is 28.4 Å². The van der Waals surface area contributed by atoms with Crippen molar-refractivity contribution in [2.75, 3.05) is 12.4 Å². The number of hydrogen-bond acceptors (Lipinski definition) is 6. The van der Waals surface area contributed by atoms with Crippen LogP contribution in [-0.4, -0.2) is 41.8 Å². The number of urea groups is 1. The van der Waals surface area contributed by atoms with Crippen molar-refractivity contribution in [1.82, 2.24) is 15.5 Å². The van der Waals surface area contributed by atoms with Gasteiger partial charge in [-0.1, -0.05) is 11.6 Å². The highest BCUT2D eigenvalue weighted by Gasteiger charge is 2.40. The van der Waals surface area contributed by atoms with E-state index in [1.807, 2.05) is 0 Å². The molecule has 11 heteroatoms. The monoisotopic (exact) mass is 462 g/mol. The number of carbonyl (C=O) groups excluding carboxylic acids is 4. The van der Waals surface area contributed by atoms with Gasteiger partial charge in [0.2, 0.25) is 11.8 Å². The summed E-state index contributed by atoms with van der Waals surface area (Å²) in [6, 6.07) is 3.82. The Hall–Kier alpha value is -3.11. The summed E-state index contributed by atoms with van der Waals surface area (Å²) in [5.41, 5.74) is 1.85. The van der Waals surface area contributed by atoms with Crippen LogP contribution in [0.25, 0.3) is 0 Å². The molecule has 3 N–H and O–H groups in total. The van der Waals surface area contributed by atoms with Gasteiger partial charge in [0, 0.05) is 28.9 Å². The van der Waals surface area contributed by atoms with Crippen LogP contribution in [0.5, 0.6) is 5.75 Å². The van der Waals surface area contributed by atoms with Crippen molar-refractivity contribution in [3.63, 3.8) is 0 Å². The van der Waals surface area contributed by atoms with Crippen molar-refractivity contribution >= 4 is 52.4 Å². The molecule has 31 heavy (non-hydrogen) atoms. The maximum Gasteiger partial charge on any atom is 0.319 e. The van der Waals surface area contributed by atoms with Crippen LogP contribution in [0.4, 0.5) is 10.5 Å². The topological polar surface area (TPSA) is 117 Å². The summed E-state index contributed by atoms with van der Waals surface area (Å²) < 4.78 is 5.09. The molecule has 1 aromatic carbocycles. The first-order valence-corrected chi connectivity index (χ1v) is 10.8. The van der Waals surface area contributed by atoms with Gasteiger partial charge < -0.3 is 20.3 Å². The zero-order chi connectivity index (χ0) is 22.1. The van der Waals surface area contributed by atoms with Gasteiger partial charge in [-0.15, -0.1) is 11.3 Å². The van der Waals surface area contributed by atoms with Crippen molar-refractivity contribution < 1.29 is 23.9 Å². The van der Waals surface area contributed by atoms with Gasteiger partial charge in [-0.2, -0.15) is 0 Å². The molecule has 3 heterocycles. The summed E-state index contributed by atoms with van der Waals surface area (Å²) in [7, 11) is 1.51. The second kappa shape index (κ2) is 8.56. The number of imide groups is 1. The zero-order valence-electron chi connectivity index (χ0n) is 16.5. The Morgan fingerprint density at radius 1 is 1.35 bits per heavy atom. The maximum atomic E-state index is 12.7. The zero-order valence-corrected chi connectivity index (χ0v) is 18.1. The minimum atomic E-state index is -0.661. The van der Waals surface area contributed by atoms with Gasteiger partial charge in [0.1, 0.15) is 11.8 Å². The Morgan fingerprint density at radius 2 is 2.16 bits per heavy atom. The fourth-order valence-electron chi connectivity index (χ4n) is 3.63. The lowest BCUT2D eigenvalue weighted by molar-refractivity contribution is -0.136. The molecule has 0 radical (unpaired) electrons. The Balaban J connectivity index is 1.38. The third-order valence-corrected chi connectivity index (χ3v) is 6.53. The summed E-state index contributed by atoms with van der Waals surface area (Å²) >= 11 is 7.45.